The number of aryl methyl sites for hydroxylation is 1. The molecule has 0 radical (unpaired) electrons. The van der Waals surface area contributed by atoms with Gasteiger partial charge in [0, 0.05) is 12.1 Å². The largest absolute Gasteiger partial charge is 0.481 e. The average molecular weight is 261 g/mol. The zero-order chi connectivity index (χ0) is 13.5. The van der Waals surface area contributed by atoms with Crippen LogP contribution in [0.25, 0.3) is 0 Å². The van der Waals surface area contributed by atoms with Crippen molar-refractivity contribution < 1.29 is 19.4 Å². The Morgan fingerprint density at radius 2 is 2.16 bits per heavy atom. The maximum Gasteiger partial charge on any atom is 0.314 e. The second-order valence-corrected chi connectivity index (χ2v) is 5.29. The van der Waals surface area contributed by atoms with Gasteiger partial charge in [-0.1, -0.05) is 12.1 Å². The number of nitrogens with one attached hydrogen (secondary N) is 1. The number of hydrogen-bond acceptors (Lipinski definition) is 3. The van der Waals surface area contributed by atoms with E-state index in [4.69, 9.17) is 4.74 Å². The molecule has 100 valence electrons. The van der Waals surface area contributed by atoms with Gasteiger partial charge in [0.2, 0.25) is 5.91 Å². The van der Waals surface area contributed by atoms with Gasteiger partial charge in [-0.15, -0.1) is 0 Å². The number of rotatable bonds is 3. The van der Waals surface area contributed by atoms with Crippen LogP contribution in [0.2, 0.25) is 0 Å². The third-order valence-electron chi connectivity index (χ3n) is 3.82. The highest BCUT2D eigenvalue weighted by Crippen LogP contribution is 2.33. The molecule has 5 nitrogen and oxygen atoms in total. The summed E-state index contributed by atoms with van der Waals surface area (Å²) in [6.07, 6.45) is 1.68. The highest BCUT2D eigenvalue weighted by Gasteiger charge is 2.46. The molecule has 0 spiro atoms. The standard InChI is InChI=1S/C14H15NO4/c16-12-4-2-10-5-9(1-3-11(10)15-12)6-14(13(17)18)7-19-8-14/h1,3,5H,2,4,6-8H2,(H,15,16)(H,17,18). The van der Waals surface area contributed by atoms with E-state index in [1.54, 1.807) is 0 Å². The lowest BCUT2D eigenvalue weighted by Crippen LogP contribution is -2.50. The molecule has 0 aromatic heterocycles. The van der Waals surface area contributed by atoms with Crippen LogP contribution < -0.4 is 5.32 Å². The summed E-state index contributed by atoms with van der Waals surface area (Å²) in [6, 6.07) is 5.74. The van der Waals surface area contributed by atoms with Crippen LogP contribution in [0.4, 0.5) is 5.69 Å². The lowest BCUT2D eigenvalue weighted by Gasteiger charge is -2.37. The first kappa shape index (κ1) is 12.2. The van der Waals surface area contributed by atoms with Gasteiger partial charge in [-0.05, 0) is 30.0 Å². The van der Waals surface area contributed by atoms with Crippen molar-refractivity contribution in [3.63, 3.8) is 0 Å². The minimum Gasteiger partial charge on any atom is -0.481 e. The summed E-state index contributed by atoms with van der Waals surface area (Å²) in [5.74, 6) is -0.764. The summed E-state index contributed by atoms with van der Waals surface area (Å²) >= 11 is 0. The Kier molecular flexibility index (Phi) is 2.78. The lowest BCUT2D eigenvalue weighted by molar-refractivity contribution is -0.179. The van der Waals surface area contributed by atoms with Crippen LogP contribution in [-0.4, -0.2) is 30.2 Å². The molecule has 19 heavy (non-hydrogen) atoms. The van der Waals surface area contributed by atoms with Crippen molar-refractivity contribution in [3.8, 4) is 0 Å². The molecule has 2 aliphatic rings. The van der Waals surface area contributed by atoms with Crippen LogP contribution in [-0.2, 0) is 27.2 Å². The van der Waals surface area contributed by atoms with Gasteiger partial charge >= 0.3 is 5.97 Å². The van der Waals surface area contributed by atoms with E-state index in [9.17, 15) is 14.7 Å². The fourth-order valence-electron chi connectivity index (χ4n) is 2.59. The maximum absolute atomic E-state index is 11.3. The second kappa shape index (κ2) is 4.35. The minimum atomic E-state index is -0.801. The van der Waals surface area contributed by atoms with Gasteiger partial charge in [0.05, 0.1) is 13.2 Å². The molecule has 5 heteroatoms. The van der Waals surface area contributed by atoms with Crippen molar-refractivity contribution in [1.82, 2.24) is 0 Å². The molecule has 2 heterocycles. The first-order chi connectivity index (χ1) is 9.09. The van der Waals surface area contributed by atoms with Crippen LogP contribution in [0.3, 0.4) is 0 Å². The van der Waals surface area contributed by atoms with Crippen LogP contribution >= 0.6 is 0 Å². The van der Waals surface area contributed by atoms with E-state index in [2.05, 4.69) is 5.32 Å². The van der Waals surface area contributed by atoms with Crippen LogP contribution in [0.15, 0.2) is 18.2 Å². The Hall–Kier alpha value is -1.88. The van der Waals surface area contributed by atoms with Crippen molar-refractivity contribution in [2.24, 2.45) is 5.41 Å². The minimum absolute atomic E-state index is 0.0367. The summed E-state index contributed by atoms with van der Waals surface area (Å²) in [7, 11) is 0. The molecular formula is C14H15NO4. The van der Waals surface area contributed by atoms with Crippen molar-refractivity contribution in [2.45, 2.75) is 19.3 Å². The molecular weight excluding hydrogens is 246 g/mol. The van der Waals surface area contributed by atoms with Gasteiger partial charge in [0.15, 0.2) is 0 Å². The number of carboxylic acids is 1. The number of fused-ring (bicyclic) bond motifs is 1. The van der Waals surface area contributed by atoms with Gasteiger partial charge < -0.3 is 15.2 Å². The molecule has 3 rings (SSSR count). The third-order valence-corrected chi connectivity index (χ3v) is 3.82. The van der Waals surface area contributed by atoms with Crippen molar-refractivity contribution in [1.29, 1.82) is 0 Å². The van der Waals surface area contributed by atoms with Gasteiger partial charge in [0.1, 0.15) is 5.41 Å². The molecule has 0 atom stereocenters. The average Bonchev–Trinajstić information content (AvgIpc) is 2.33. The third kappa shape index (κ3) is 2.10. The quantitative estimate of drug-likeness (QED) is 0.857. The van der Waals surface area contributed by atoms with Crippen LogP contribution in [0, 0.1) is 5.41 Å². The van der Waals surface area contributed by atoms with Gasteiger partial charge in [-0.25, -0.2) is 0 Å². The lowest BCUT2D eigenvalue weighted by atomic mass is 9.79. The number of carbonyl (C=O) groups is 2. The fourth-order valence-corrected chi connectivity index (χ4v) is 2.59. The van der Waals surface area contributed by atoms with Gasteiger partial charge in [-0.3, -0.25) is 9.59 Å². The first-order valence-electron chi connectivity index (χ1n) is 6.32. The number of ether oxygens (including phenoxy) is 1. The second-order valence-electron chi connectivity index (χ2n) is 5.29. The highest BCUT2D eigenvalue weighted by molar-refractivity contribution is 5.93. The van der Waals surface area contributed by atoms with Crippen molar-refractivity contribution in [2.75, 3.05) is 18.5 Å². The number of anilines is 1. The molecule has 1 amide bonds. The summed E-state index contributed by atoms with van der Waals surface area (Å²) < 4.78 is 5.06. The molecule has 0 aliphatic carbocycles. The van der Waals surface area contributed by atoms with E-state index >= 15 is 0 Å². The van der Waals surface area contributed by atoms with Crippen molar-refractivity contribution in [3.05, 3.63) is 29.3 Å². The monoisotopic (exact) mass is 261 g/mol. The summed E-state index contributed by atoms with van der Waals surface area (Å²) in [5.41, 5.74) is 2.14. The molecule has 1 aromatic carbocycles. The maximum atomic E-state index is 11.3. The van der Waals surface area contributed by atoms with E-state index in [1.807, 2.05) is 18.2 Å². The number of benzene rings is 1. The van der Waals surface area contributed by atoms with E-state index in [0.29, 0.717) is 19.3 Å². The number of carbonyl (C=O) groups excluding carboxylic acids is 1. The van der Waals surface area contributed by atoms with E-state index in [1.165, 1.54) is 0 Å². The molecule has 0 bridgehead atoms. The normalized spacial score (nSPS) is 20.1. The molecule has 1 aromatic rings. The van der Waals surface area contributed by atoms with Crippen LogP contribution in [0.5, 0.6) is 0 Å². The van der Waals surface area contributed by atoms with E-state index in [-0.39, 0.29) is 19.1 Å². The Morgan fingerprint density at radius 3 is 2.79 bits per heavy atom. The predicted octanol–water partition coefficient (Wildman–Crippen LogP) is 1.21. The summed E-state index contributed by atoms with van der Waals surface area (Å²) in [5, 5.41) is 12.1. The Bertz CT molecular complexity index is 548. The van der Waals surface area contributed by atoms with Crippen molar-refractivity contribution >= 4 is 17.6 Å². The predicted molar refractivity (Wildman–Crippen MR) is 68.0 cm³/mol. The van der Waals surface area contributed by atoms with E-state index in [0.717, 1.165) is 16.8 Å². The Morgan fingerprint density at radius 1 is 1.37 bits per heavy atom. The Balaban J connectivity index is 1.83. The number of amides is 1. The highest BCUT2D eigenvalue weighted by atomic mass is 16.5. The number of hydrogen-bond donors (Lipinski definition) is 2. The molecule has 0 unspecified atom stereocenters. The van der Waals surface area contributed by atoms with E-state index < -0.39 is 11.4 Å². The smallest absolute Gasteiger partial charge is 0.314 e. The Labute approximate surface area is 110 Å². The first-order valence-corrected chi connectivity index (χ1v) is 6.32. The fraction of sp³-hybridized carbons (Fsp3) is 0.429. The molecule has 1 fully saturated rings. The zero-order valence-corrected chi connectivity index (χ0v) is 10.4. The molecule has 2 N–H and O–H groups in total. The van der Waals surface area contributed by atoms with Crippen LogP contribution in [0.1, 0.15) is 17.5 Å². The molecule has 1 saturated heterocycles. The number of carboxylic acid groups (broad SMARTS) is 1. The molecule has 2 aliphatic heterocycles. The summed E-state index contributed by atoms with van der Waals surface area (Å²) in [4.78, 5) is 22.6. The van der Waals surface area contributed by atoms with Gasteiger partial charge in [0.25, 0.3) is 0 Å². The SMILES string of the molecule is O=C1CCc2cc(CC3(C(=O)O)COC3)ccc2N1. The number of aliphatic carboxylic acids is 1. The zero-order valence-electron chi connectivity index (χ0n) is 10.4. The summed E-state index contributed by atoms with van der Waals surface area (Å²) in [6.45, 7) is 0.548. The molecule has 0 saturated carbocycles. The van der Waals surface area contributed by atoms with Gasteiger partial charge in [-0.2, -0.15) is 0 Å². The topological polar surface area (TPSA) is 75.6 Å².